The predicted octanol–water partition coefficient (Wildman–Crippen LogP) is 3.04. The van der Waals surface area contributed by atoms with Crippen LogP contribution in [0, 0.1) is 5.41 Å². The molecule has 0 aliphatic heterocycles. The molecule has 0 atom stereocenters. The summed E-state index contributed by atoms with van der Waals surface area (Å²) in [7, 11) is 0. The second-order valence-electron chi connectivity index (χ2n) is 2.17. The van der Waals surface area contributed by atoms with Gasteiger partial charge in [-0.25, -0.2) is 0 Å². The van der Waals surface area contributed by atoms with Crippen molar-refractivity contribution < 1.29 is 4.79 Å². The molecule has 12 heavy (non-hydrogen) atoms. The van der Waals surface area contributed by atoms with Gasteiger partial charge in [-0.2, -0.15) is 0 Å². The Morgan fingerprint density at radius 2 is 1.75 bits per heavy atom. The largest absolute Gasteiger partial charge is 0.305 e. The molecule has 0 bridgehead atoms. The minimum absolute atomic E-state index is 0.294. The van der Waals surface area contributed by atoms with Crippen LogP contribution in [0.4, 0.5) is 0 Å². The first kappa shape index (κ1) is 9.61. The highest BCUT2D eigenvalue weighted by Crippen LogP contribution is 2.19. The fourth-order valence-corrected chi connectivity index (χ4v) is 2.07. The maximum atomic E-state index is 11.0. The molecule has 0 fully saturated rings. The average molecular weight is 291 g/mol. The Morgan fingerprint density at radius 1 is 1.25 bits per heavy atom. The zero-order valence-electron chi connectivity index (χ0n) is 5.97. The highest BCUT2D eigenvalue weighted by atomic mass is 79.9. The van der Waals surface area contributed by atoms with E-state index >= 15 is 0 Å². The van der Waals surface area contributed by atoms with Crippen molar-refractivity contribution in [2.24, 2.45) is 0 Å². The lowest BCUT2D eigenvalue weighted by Gasteiger charge is -1.97. The van der Waals surface area contributed by atoms with Crippen molar-refractivity contribution in [2.75, 3.05) is 0 Å². The SMILES string of the molecule is N=CC(=O)c1cc(Br)cc(Br)c1. The van der Waals surface area contributed by atoms with Gasteiger partial charge in [-0.05, 0) is 18.2 Å². The van der Waals surface area contributed by atoms with Crippen LogP contribution in [0.3, 0.4) is 0 Å². The van der Waals surface area contributed by atoms with Crippen molar-refractivity contribution in [3.05, 3.63) is 32.7 Å². The van der Waals surface area contributed by atoms with Gasteiger partial charge in [0.1, 0.15) is 0 Å². The van der Waals surface area contributed by atoms with Gasteiger partial charge in [0.2, 0.25) is 5.78 Å². The van der Waals surface area contributed by atoms with Crippen molar-refractivity contribution in [3.8, 4) is 0 Å². The summed E-state index contributed by atoms with van der Waals surface area (Å²) in [6.45, 7) is 0. The maximum absolute atomic E-state index is 11.0. The van der Waals surface area contributed by atoms with Crippen LogP contribution in [0.5, 0.6) is 0 Å². The Balaban J connectivity index is 3.17. The van der Waals surface area contributed by atoms with Crippen LogP contribution in [0.15, 0.2) is 27.1 Å². The van der Waals surface area contributed by atoms with Gasteiger partial charge in [-0.15, -0.1) is 0 Å². The van der Waals surface area contributed by atoms with Crippen molar-refractivity contribution in [3.63, 3.8) is 0 Å². The molecule has 0 heterocycles. The molecule has 0 amide bonds. The summed E-state index contributed by atoms with van der Waals surface area (Å²) in [6, 6.07) is 5.19. The maximum Gasteiger partial charge on any atom is 0.203 e. The quantitative estimate of drug-likeness (QED) is 0.660. The zero-order chi connectivity index (χ0) is 9.14. The third-order valence-electron chi connectivity index (χ3n) is 1.28. The molecule has 1 N–H and O–H groups in total. The molecule has 1 aromatic carbocycles. The smallest absolute Gasteiger partial charge is 0.203 e. The van der Waals surface area contributed by atoms with Gasteiger partial charge in [-0.1, -0.05) is 31.9 Å². The van der Waals surface area contributed by atoms with E-state index in [1.54, 1.807) is 12.1 Å². The molecule has 62 valence electrons. The number of hydrogen-bond donors (Lipinski definition) is 1. The summed E-state index contributed by atoms with van der Waals surface area (Å²) >= 11 is 6.51. The van der Waals surface area contributed by atoms with Gasteiger partial charge in [-0.3, -0.25) is 4.79 Å². The molecule has 1 rings (SSSR count). The Bertz CT molecular complexity index is 316. The number of Topliss-reactive ketones (excluding diaryl/α,β-unsaturated/α-hetero) is 1. The van der Waals surface area contributed by atoms with Crippen LogP contribution in [-0.4, -0.2) is 12.0 Å². The van der Waals surface area contributed by atoms with Crippen molar-refractivity contribution in [2.45, 2.75) is 0 Å². The molecule has 2 nitrogen and oxygen atoms in total. The standard InChI is InChI=1S/C8H5Br2NO/c9-6-1-5(8(12)4-11)2-7(10)3-6/h1-4,11H. The van der Waals surface area contributed by atoms with E-state index in [-0.39, 0.29) is 5.78 Å². The third-order valence-corrected chi connectivity index (χ3v) is 2.19. The number of halogens is 2. The van der Waals surface area contributed by atoms with E-state index in [9.17, 15) is 4.79 Å². The van der Waals surface area contributed by atoms with E-state index in [0.717, 1.165) is 15.2 Å². The van der Waals surface area contributed by atoms with E-state index in [1.807, 2.05) is 6.07 Å². The zero-order valence-corrected chi connectivity index (χ0v) is 9.15. The van der Waals surface area contributed by atoms with E-state index in [2.05, 4.69) is 31.9 Å². The van der Waals surface area contributed by atoms with E-state index in [4.69, 9.17) is 5.41 Å². The highest BCUT2D eigenvalue weighted by molar-refractivity contribution is 9.11. The summed E-state index contributed by atoms with van der Waals surface area (Å²) in [4.78, 5) is 11.0. The number of ketones is 1. The summed E-state index contributed by atoms with van der Waals surface area (Å²) in [5.41, 5.74) is 0.506. The topological polar surface area (TPSA) is 40.9 Å². The Kier molecular flexibility index (Phi) is 3.17. The Morgan fingerprint density at radius 3 is 2.17 bits per heavy atom. The fraction of sp³-hybridized carbons (Fsp3) is 0. The van der Waals surface area contributed by atoms with Crippen LogP contribution < -0.4 is 0 Å². The first-order valence-electron chi connectivity index (χ1n) is 3.14. The molecule has 0 aliphatic carbocycles. The molecular formula is C8H5Br2NO. The average Bonchev–Trinajstić information content (AvgIpc) is 2.01. The molecular weight excluding hydrogens is 286 g/mol. The number of hydrogen-bond acceptors (Lipinski definition) is 2. The number of benzene rings is 1. The predicted molar refractivity (Wildman–Crippen MR) is 55.0 cm³/mol. The summed E-state index contributed by atoms with van der Waals surface area (Å²) in [5, 5.41) is 6.78. The van der Waals surface area contributed by atoms with Gasteiger partial charge < -0.3 is 5.41 Å². The molecule has 4 heteroatoms. The normalized spacial score (nSPS) is 9.50. The van der Waals surface area contributed by atoms with E-state index < -0.39 is 0 Å². The second-order valence-corrected chi connectivity index (χ2v) is 4.00. The van der Waals surface area contributed by atoms with Crippen LogP contribution >= 0.6 is 31.9 Å². The third kappa shape index (κ3) is 2.25. The monoisotopic (exact) mass is 289 g/mol. The van der Waals surface area contributed by atoms with Gasteiger partial charge in [0.05, 0.1) is 6.21 Å². The van der Waals surface area contributed by atoms with Crippen LogP contribution in [-0.2, 0) is 0 Å². The lowest BCUT2D eigenvalue weighted by Crippen LogP contribution is -1.98. The molecule has 1 aromatic rings. The van der Waals surface area contributed by atoms with E-state index in [1.165, 1.54) is 0 Å². The van der Waals surface area contributed by atoms with Gasteiger partial charge >= 0.3 is 0 Å². The highest BCUT2D eigenvalue weighted by Gasteiger charge is 2.03. The summed E-state index contributed by atoms with van der Waals surface area (Å²) < 4.78 is 1.64. The van der Waals surface area contributed by atoms with Crippen LogP contribution in [0.1, 0.15) is 10.4 Å². The first-order chi connectivity index (χ1) is 5.63. The Labute approximate surface area is 86.7 Å². The number of carbonyl (C=O) groups is 1. The van der Waals surface area contributed by atoms with Gasteiger partial charge in [0, 0.05) is 14.5 Å². The molecule has 0 saturated heterocycles. The molecule has 0 saturated carbocycles. The second kappa shape index (κ2) is 3.96. The van der Waals surface area contributed by atoms with E-state index in [0.29, 0.717) is 5.56 Å². The molecule has 0 spiro atoms. The van der Waals surface area contributed by atoms with Crippen LogP contribution in [0.25, 0.3) is 0 Å². The van der Waals surface area contributed by atoms with Crippen molar-refractivity contribution in [1.82, 2.24) is 0 Å². The molecule has 0 aliphatic rings. The number of rotatable bonds is 2. The van der Waals surface area contributed by atoms with Gasteiger partial charge in [0.25, 0.3) is 0 Å². The number of nitrogens with one attached hydrogen (secondary N) is 1. The summed E-state index contributed by atoms with van der Waals surface area (Å²) in [6.07, 6.45) is 0.800. The lowest BCUT2D eigenvalue weighted by molar-refractivity contribution is 0.107. The minimum Gasteiger partial charge on any atom is -0.305 e. The lowest BCUT2D eigenvalue weighted by atomic mass is 10.1. The van der Waals surface area contributed by atoms with Crippen molar-refractivity contribution in [1.29, 1.82) is 5.41 Å². The Hall–Kier alpha value is -0.480. The van der Waals surface area contributed by atoms with Gasteiger partial charge in [0.15, 0.2) is 0 Å². The first-order valence-corrected chi connectivity index (χ1v) is 4.73. The molecule has 0 radical (unpaired) electrons. The molecule has 0 aromatic heterocycles. The number of carbonyl (C=O) groups excluding carboxylic acids is 1. The van der Waals surface area contributed by atoms with Crippen LogP contribution in [0.2, 0.25) is 0 Å². The van der Waals surface area contributed by atoms with Crippen molar-refractivity contribution >= 4 is 43.9 Å². The molecule has 0 unspecified atom stereocenters. The minimum atomic E-state index is -0.294. The summed E-state index contributed by atoms with van der Waals surface area (Å²) in [5.74, 6) is -0.294. The fourth-order valence-electron chi connectivity index (χ4n) is 0.779.